The van der Waals surface area contributed by atoms with Gasteiger partial charge in [0.05, 0.1) is 5.69 Å². The Hall–Kier alpha value is -2.40. The zero-order valence-corrected chi connectivity index (χ0v) is 14.4. The molecule has 5 heteroatoms. The zero-order chi connectivity index (χ0) is 16.5. The van der Waals surface area contributed by atoms with Gasteiger partial charge in [0.1, 0.15) is 0 Å². The van der Waals surface area contributed by atoms with Gasteiger partial charge in [-0.3, -0.25) is 4.79 Å². The van der Waals surface area contributed by atoms with Crippen LogP contribution in [-0.4, -0.2) is 31.0 Å². The van der Waals surface area contributed by atoms with E-state index in [1.807, 2.05) is 37.4 Å². The van der Waals surface area contributed by atoms with Gasteiger partial charge in [-0.1, -0.05) is 0 Å². The van der Waals surface area contributed by atoms with Crippen molar-refractivity contribution in [2.75, 3.05) is 29.9 Å². The Morgan fingerprint density at radius 3 is 2.88 bits per heavy atom. The highest BCUT2D eigenvalue weighted by molar-refractivity contribution is 7.17. The maximum Gasteiger partial charge on any atom is 0.258 e. The average Bonchev–Trinajstić information content (AvgIpc) is 3.31. The molecule has 0 saturated carbocycles. The van der Waals surface area contributed by atoms with Crippen LogP contribution in [0.1, 0.15) is 23.2 Å². The largest absolute Gasteiger partial charge is 0.355 e. The Kier molecular flexibility index (Phi) is 3.94. The van der Waals surface area contributed by atoms with Crippen molar-refractivity contribution in [3.05, 3.63) is 53.5 Å². The lowest BCUT2D eigenvalue weighted by atomic mass is 10.1. The highest BCUT2D eigenvalue weighted by Crippen LogP contribution is 2.30. The van der Waals surface area contributed by atoms with Gasteiger partial charge in [0, 0.05) is 36.6 Å². The number of anilines is 2. The summed E-state index contributed by atoms with van der Waals surface area (Å²) in [5, 5.41) is 3.17. The van der Waals surface area contributed by atoms with Crippen molar-refractivity contribution >= 4 is 38.8 Å². The smallest absolute Gasteiger partial charge is 0.258 e. The van der Waals surface area contributed by atoms with E-state index in [2.05, 4.69) is 21.3 Å². The summed E-state index contributed by atoms with van der Waals surface area (Å²) >= 11 is 1.69. The van der Waals surface area contributed by atoms with Crippen molar-refractivity contribution in [2.45, 2.75) is 12.8 Å². The number of hydrogen-bond donors (Lipinski definition) is 0. The molecule has 0 atom stereocenters. The molecule has 4 nitrogen and oxygen atoms in total. The van der Waals surface area contributed by atoms with Crippen LogP contribution < -0.4 is 9.80 Å². The number of aromatic nitrogens is 1. The molecule has 1 amide bonds. The number of carbonyl (C=O) groups is 1. The van der Waals surface area contributed by atoms with Crippen LogP contribution in [0.15, 0.2) is 48.0 Å². The molecule has 3 aromatic rings. The van der Waals surface area contributed by atoms with Crippen molar-refractivity contribution in [3.63, 3.8) is 0 Å². The lowest BCUT2D eigenvalue weighted by Gasteiger charge is -2.25. The van der Waals surface area contributed by atoms with Crippen LogP contribution in [0.5, 0.6) is 0 Å². The number of benzene rings is 1. The molecule has 3 heterocycles. The Morgan fingerprint density at radius 2 is 2.04 bits per heavy atom. The normalized spacial score (nSPS) is 14.3. The summed E-state index contributed by atoms with van der Waals surface area (Å²) in [6, 6.07) is 11.8. The molecule has 0 spiro atoms. The number of carbonyl (C=O) groups excluding carboxylic acids is 1. The summed E-state index contributed by atoms with van der Waals surface area (Å²) in [6.07, 6.45) is 4.16. The first-order valence-electron chi connectivity index (χ1n) is 8.19. The van der Waals surface area contributed by atoms with E-state index < -0.39 is 0 Å². The summed E-state index contributed by atoms with van der Waals surface area (Å²) in [5.74, 6) is 0.902. The third-order valence-corrected chi connectivity index (χ3v) is 5.43. The van der Waals surface area contributed by atoms with Crippen molar-refractivity contribution in [1.29, 1.82) is 0 Å². The van der Waals surface area contributed by atoms with Gasteiger partial charge in [-0.25, -0.2) is 4.98 Å². The maximum absolute atomic E-state index is 13.0. The van der Waals surface area contributed by atoms with Gasteiger partial charge in [-0.05, 0) is 60.0 Å². The minimum absolute atomic E-state index is 0.00320. The Labute approximate surface area is 145 Å². The molecule has 122 valence electrons. The van der Waals surface area contributed by atoms with E-state index in [-0.39, 0.29) is 5.91 Å². The fourth-order valence-corrected chi connectivity index (χ4v) is 4.00. The Balaban J connectivity index is 1.67. The lowest BCUT2D eigenvalue weighted by molar-refractivity contribution is 0.0993. The molecule has 4 rings (SSSR count). The zero-order valence-electron chi connectivity index (χ0n) is 13.6. The van der Waals surface area contributed by atoms with Gasteiger partial charge in [-0.15, -0.1) is 11.3 Å². The standard InChI is InChI=1S/C19H19N3OS/c1-21(16-5-4-9-20-18(16)22-10-2-3-11-22)19(23)15-6-7-17-14(13-15)8-12-24-17/h4-9,12-13H,2-3,10-11H2,1H3. The molecular formula is C19H19N3OS. The van der Waals surface area contributed by atoms with Gasteiger partial charge in [0.2, 0.25) is 0 Å². The molecule has 0 aliphatic carbocycles. The first-order chi connectivity index (χ1) is 11.7. The van der Waals surface area contributed by atoms with Crippen molar-refractivity contribution in [3.8, 4) is 0 Å². The molecule has 1 aliphatic rings. The van der Waals surface area contributed by atoms with Gasteiger partial charge in [-0.2, -0.15) is 0 Å². The second kappa shape index (κ2) is 6.24. The van der Waals surface area contributed by atoms with Gasteiger partial charge < -0.3 is 9.80 Å². The molecule has 2 aromatic heterocycles. The van der Waals surface area contributed by atoms with E-state index in [4.69, 9.17) is 0 Å². The number of nitrogens with zero attached hydrogens (tertiary/aromatic N) is 3. The predicted molar refractivity (Wildman–Crippen MR) is 100 cm³/mol. The number of thiophene rings is 1. The fraction of sp³-hybridized carbons (Fsp3) is 0.263. The Bertz CT molecular complexity index is 883. The van der Waals surface area contributed by atoms with Crippen LogP contribution in [-0.2, 0) is 0 Å². The maximum atomic E-state index is 13.0. The molecule has 0 radical (unpaired) electrons. The molecule has 1 aliphatic heterocycles. The predicted octanol–water partition coefficient (Wildman–Crippen LogP) is 4.17. The van der Waals surface area contributed by atoms with Crippen molar-refractivity contribution < 1.29 is 4.79 Å². The summed E-state index contributed by atoms with van der Waals surface area (Å²) in [4.78, 5) is 21.5. The Morgan fingerprint density at radius 1 is 1.21 bits per heavy atom. The fourth-order valence-electron chi connectivity index (χ4n) is 3.23. The number of hydrogen-bond acceptors (Lipinski definition) is 4. The molecule has 1 saturated heterocycles. The van der Waals surface area contributed by atoms with Crippen molar-refractivity contribution in [2.24, 2.45) is 0 Å². The number of amides is 1. The molecule has 1 fully saturated rings. The summed E-state index contributed by atoms with van der Waals surface area (Å²) in [7, 11) is 1.83. The first-order valence-corrected chi connectivity index (χ1v) is 9.07. The van der Waals surface area contributed by atoms with Gasteiger partial charge in [0.15, 0.2) is 5.82 Å². The van der Waals surface area contributed by atoms with Crippen LogP contribution in [0.25, 0.3) is 10.1 Å². The number of rotatable bonds is 3. The number of pyridine rings is 1. The average molecular weight is 337 g/mol. The van der Waals surface area contributed by atoms with Crippen LogP contribution in [0.2, 0.25) is 0 Å². The quantitative estimate of drug-likeness (QED) is 0.719. The second-order valence-electron chi connectivity index (χ2n) is 6.08. The van der Waals surface area contributed by atoms with E-state index in [0.717, 1.165) is 30.0 Å². The van der Waals surface area contributed by atoms with E-state index in [1.165, 1.54) is 17.5 Å². The van der Waals surface area contributed by atoms with Crippen LogP contribution in [0, 0.1) is 0 Å². The van der Waals surface area contributed by atoms with Crippen LogP contribution in [0.4, 0.5) is 11.5 Å². The van der Waals surface area contributed by atoms with E-state index >= 15 is 0 Å². The van der Waals surface area contributed by atoms with Crippen LogP contribution in [0.3, 0.4) is 0 Å². The molecule has 24 heavy (non-hydrogen) atoms. The van der Waals surface area contributed by atoms with Gasteiger partial charge in [0.25, 0.3) is 5.91 Å². The molecule has 0 bridgehead atoms. The lowest BCUT2D eigenvalue weighted by Crippen LogP contribution is -2.29. The monoisotopic (exact) mass is 337 g/mol. The van der Waals surface area contributed by atoms with E-state index in [1.54, 1.807) is 22.4 Å². The minimum atomic E-state index is -0.00320. The second-order valence-corrected chi connectivity index (χ2v) is 7.03. The minimum Gasteiger partial charge on any atom is -0.355 e. The van der Waals surface area contributed by atoms with Crippen molar-refractivity contribution in [1.82, 2.24) is 4.98 Å². The van der Waals surface area contributed by atoms with Crippen LogP contribution >= 0.6 is 11.3 Å². The summed E-state index contributed by atoms with van der Waals surface area (Å²) < 4.78 is 1.20. The topological polar surface area (TPSA) is 36.4 Å². The third kappa shape index (κ3) is 2.65. The molecular weight excluding hydrogens is 318 g/mol. The highest BCUT2D eigenvalue weighted by Gasteiger charge is 2.22. The number of fused-ring (bicyclic) bond motifs is 1. The first kappa shape index (κ1) is 15.1. The van der Waals surface area contributed by atoms with Gasteiger partial charge >= 0.3 is 0 Å². The van der Waals surface area contributed by atoms with E-state index in [9.17, 15) is 4.79 Å². The molecule has 0 unspecified atom stereocenters. The molecule has 1 aromatic carbocycles. The van der Waals surface area contributed by atoms with E-state index in [0.29, 0.717) is 5.56 Å². The molecule has 0 N–H and O–H groups in total. The third-order valence-electron chi connectivity index (χ3n) is 4.54. The highest BCUT2D eigenvalue weighted by atomic mass is 32.1. The summed E-state index contributed by atoms with van der Waals surface area (Å²) in [6.45, 7) is 2.01. The summed E-state index contributed by atoms with van der Waals surface area (Å²) in [5.41, 5.74) is 1.58. The SMILES string of the molecule is CN(C(=O)c1ccc2sccc2c1)c1cccnc1N1CCCC1.